The minimum Gasteiger partial charge on any atom is -0.506 e. The van der Waals surface area contributed by atoms with E-state index in [1.165, 1.54) is 12.1 Å². The average molecular weight is 276 g/mol. The van der Waals surface area contributed by atoms with Gasteiger partial charge in [0.1, 0.15) is 5.75 Å². The van der Waals surface area contributed by atoms with E-state index in [1.807, 2.05) is 6.92 Å². The Morgan fingerprint density at radius 2 is 2.18 bits per heavy atom. The third-order valence-electron chi connectivity index (χ3n) is 2.43. The monoisotopic (exact) mass is 275 g/mol. The van der Waals surface area contributed by atoms with Gasteiger partial charge >= 0.3 is 0 Å². The molecule has 0 aliphatic heterocycles. The Labute approximate surface area is 111 Å². The van der Waals surface area contributed by atoms with Crippen molar-refractivity contribution >= 4 is 29.1 Å². The molecule has 0 saturated carbocycles. The van der Waals surface area contributed by atoms with Crippen LogP contribution in [-0.4, -0.2) is 34.9 Å². The number of hydrogen-bond donors (Lipinski definition) is 1. The van der Waals surface area contributed by atoms with Crippen molar-refractivity contribution in [2.75, 3.05) is 19.0 Å². The molecule has 0 spiro atoms. The number of rotatable bonds is 5. The normalized spacial score (nSPS) is 10.3. The summed E-state index contributed by atoms with van der Waals surface area (Å²) in [6, 6.07) is 4.46. The third-order valence-corrected chi connectivity index (χ3v) is 3.00. The molecular weight excluding hydrogens is 261 g/mol. The van der Waals surface area contributed by atoms with Gasteiger partial charge in [0.15, 0.2) is 0 Å². The molecule has 0 aromatic heterocycles. The molecule has 5 heteroatoms. The van der Waals surface area contributed by atoms with E-state index in [4.69, 9.17) is 23.2 Å². The van der Waals surface area contributed by atoms with Gasteiger partial charge in [-0.1, -0.05) is 11.6 Å². The number of phenols is 1. The highest BCUT2D eigenvalue weighted by atomic mass is 35.5. The van der Waals surface area contributed by atoms with Gasteiger partial charge in [-0.3, -0.25) is 4.79 Å². The molecule has 0 unspecified atom stereocenters. The van der Waals surface area contributed by atoms with E-state index in [1.54, 1.807) is 11.0 Å². The number of benzene rings is 1. The Balaban J connectivity index is 2.82. The maximum atomic E-state index is 12.1. The second-order valence-corrected chi connectivity index (χ2v) is 4.38. The fourth-order valence-electron chi connectivity index (χ4n) is 1.48. The molecule has 0 aliphatic rings. The van der Waals surface area contributed by atoms with Gasteiger partial charge in [0.2, 0.25) is 0 Å². The summed E-state index contributed by atoms with van der Waals surface area (Å²) >= 11 is 11.4. The van der Waals surface area contributed by atoms with Crippen LogP contribution in [0.15, 0.2) is 18.2 Å². The molecule has 1 amide bonds. The predicted octanol–water partition coefficient (Wildman–Crippen LogP) is 3.14. The largest absolute Gasteiger partial charge is 0.506 e. The molecule has 94 valence electrons. The molecule has 0 atom stereocenters. The van der Waals surface area contributed by atoms with Gasteiger partial charge in [-0.05, 0) is 31.5 Å². The van der Waals surface area contributed by atoms with Crippen molar-refractivity contribution in [2.45, 2.75) is 13.3 Å². The zero-order valence-corrected chi connectivity index (χ0v) is 11.1. The third kappa shape index (κ3) is 3.79. The molecular formula is C12H15Cl2NO2. The first kappa shape index (κ1) is 14.1. The van der Waals surface area contributed by atoms with Crippen LogP contribution in [0.25, 0.3) is 0 Å². The Kier molecular flexibility index (Phi) is 5.59. The maximum absolute atomic E-state index is 12.1. The maximum Gasteiger partial charge on any atom is 0.253 e. The fourth-order valence-corrected chi connectivity index (χ4v) is 1.78. The molecule has 0 radical (unpaired) electrons. The second kappa shape index (κ2) is 6.72. The van der Waals surface area contributed by atoms with Crippen LogP contribution in [-0.2, 0) is 0 Å². The highest BCUT2D eigenvalue weighted by Crippen LogP contribution is 2.24. The number of carbonyl (C=O) groups is 1. The first-order chi connectivity index (χ1) is 8.10. The van der Waals surface area contributed by atoms with Gasteiger partial charge in [0, 0.05) is 24.5 Å². The van der Waals surface area contributed by atoms with Crippen molar-refractivity contribution in [3.8, 4) is 5.75 Å². The molecule has 0 bridgehead atoms. The zero-order valence-electron chi connectivity index (χ0n) is 9.62. The van der Waals surface area contributed by atoms with Crippen LogP contribution >= 0.6 is 23.2 Å². The molecule has 1 rings (SSSR count). The molecule has 0 aliphatic carbocycles. The number of nitrogens with zero attached hydrogens (tertiary/aromatic N) is 1. The summed E-state index contributed by atoms with van der Waals surface area (Å²) in [6.07, 6.45) is 0.757. The molecule has 1 aromatic rings. The van der Waals surface area contributed by atoms with E-state index in [2.05, 4.69) is 0 Å². The second-order valence-electron chi connectivity index (χ2n) is 3.59. The highest BCUT2D eigenvalue weighted by Gasteiger charge is 2.14. The summed E-state index contributed by atoms with van der Waals surface area (Å²) in [5, 5.41) is 9.47. The predicted molar refractivity (Wildman–Crippen MR) is 70.0 cm³/mol. The Hall–Kier alpha value is -0.930. The summed E-state index contributed by atoms with van der Waals surface area (Å²) in [6.45, 7) is 3.15. The van der Waals surface area contributed by atoms with Gasteiger partial charge in [-0.15, -0.1) is 11.6 Å². The quantitative estimate of drug-likeness (QED) is 0.839. The molecule has 1 N–H and O–H groups in total. The first-order valence-corrected chi connectivity index (χ1v) is 6.35. The fraction of sp³-hybridized carbons (Fsp3) is 0.417. The van der Waals surface area contributed by atoms with E-state index >= 15 is 0 Å². The summed E-state index contributed by atoms with van der Waals surface area (Å²) in [4.78, 5) is 13.8. The Morgan fingerprint density at radius 3 is 2.71 bits per heavy atom. The van der Waals surface area contributed by atoms with Crippen molar-refractivity contribution in [1.29, 1.82) is 0 Å². The molecule has 0 heterocycles. The van der Waals surface area contributed by atoms with Gasteiger partial charge in [0.05, 0.1) is 5.02 Å². The van der Waals surface area contributed by atoms with E-state index in [0.717, 1.165) is 6.42 Å². The zero-order chi connectivity index (χ0) is 12.8. The Morgan fingerprint density at radius 1 is 1.47 bits per heavy atom. The van der Waals surface area contributed by atoms with Crippen molar-refractivity contribution in [2.24, 2.45) is 0 Å². The SMILES string of the molecule is CCN(CCCCl)C(=O)c1ccc(O)c(Cl)c1. The molecule has 1 aromatic carbocycles. The minimum absolute atomic E-state index is 0.0213. The number of halogens is 2. The van der Waals surface area contributed by atoms with Crippen LogP contribution in [0.1, 0.15) is 23.7 Å². The van der Waals surface area contributed by atoms with Crippen LogP contribution in [0.4, 0.5) is 0 Å². The van der Waals surface area contributed by atoms with Gasteiger partial charge in [0.25, 0.3) is 5.91 Å². The summed E-state index contributed by atoms with van der Waals surface area (Å²) in [7, 11) is 0. The smallest absolute Gasteiger partial charge is 0.253 e. The number of amides is 1. The minimum atomic E-state index is -0.0977. The van der Waals surface area contributed by atoms with Crippen molar-refractivity contribution in [3.63, 3.8) is 0 Å². The van der Waals surface area contributed by atoms with Crippen LogP contribution in [0.3, 0.4) is 0 Å². The lowest BCUT2D eigenvalue weighted by Gasteiger charge is -2.20. The van der Waals surface area contributed by atoms with Gasteiger partial charge < -0.3 is 10.0 Å². The molecule has 0 fully saturated rings. The van der Waals surface area contributed by atoms with Crippen molar-refractivity contribution in [1.82, 2.24) is 4.90 Å². The summed E-state index contributed by atoms with van der Waals surface area (Å²) in [5.74, 6) is 0.409. The van der Waals surface area contributed by atoms with E-state index in [0.29, 0.717) is 24.5 Å². The molecule has 0 saturated heterocycles. The van der Waals surface area contributed by atoms with Crippen molar-refractivity contribution < 1.29 is 9.90 Å². The number of aromatic hydroxyl groups is 1. The average Bonchev–Trinajstić information content (AvgIpc) is 2.33. The highest BCUT2D eigenvalue weighted by molar-refractivity contribution is 6.32. The Bertz CT molecular complexity index is 396. The number of alkyl halides is 1. The number of carbonyl (C=O) groups excluding carboxylic acids is 1. The van der Waals surface area contributed by atoms with E-state index < -0.39 is 0 Å². The molecule has 3 nitrogen and oxygen atoms in total. The number of phenolic OH excluding ortho intramolecular Hbond substituents is 1. The van der Waals surface area contributed by atoms with Crippen LogP contribution in [0.5, 0.6) is 5.75 Å². The van der Waals surface area contributed by atoms with E-state index in [9.17, 15) is 9.90 Å². The lowest BCUT2D eigenvalue weighted by Crippen LogP contribution is -2.31. The summed E-state index contributed by atoms with van der Waals surface area (Å²) < 4.78 is 0. The standard InChI is InChI=1S/C12H15Cl2NO2/c1-2-15(7-3-6-13)12(17)9-4-5-11(16)10(14)8-9/h4-5,8,16H,2-3,6-7H2,1H3. The van der Waals surface area contributed by atoms with Crippen molar-refractivity contribution in [3.05, 3.63) is 28.8 Å². The van der Waals surface area contributed by atoms with Crippen LogP contribution in [0.2, 0.25) is 5.02 Å². The van der Waals surface area contributed by atoms with Gasteiger partial charge in [-0.25, -0.2) is 0 Å². The number of hydrogen-bond acceptors (Lipinski definition) is 2. The van der Waals surface area contributed by atoms with Crippen LogP contribution in [0, 0.1) is 0 Å². The first-order valence-electron chi connectivity index (χ1n) is 5.44. The topological polar surface area (TPSA) is 40.5 Å². The van der Waals surface area contributed by atoms with E-state index in [-0.39, 0.29) is 16.7 Å². The van der Waals surface area contributed by atoms with Gasteiger partial charge in [-0.2, -0.15) is 0 Å². The summed E-state index contributed by atoms with van der Waals surface area (Å²) in [5.41, 5.74) is 0.476. The lowest BCUT2D eigenvalue weighted by atomic mass is 10.2. The lowest BCUT2D eigenvalue weighted by molar-refractivity contribution is 0.0765. The van der Waals surface area contributed by atoms with Crippen LogP contribution < -0.4 is 0 Å². The molecule has 17 heavy (non-hydrogen) atoms.